The van der Waals surface area contributed by atoms with Gasteiger partial charge in [-0.2, -0.15) is 0 Å². The zero-order chi connectivity index (χ0) is 15.2. The maximum Gasteiger partial charge on any atom is 0.141 e. The van der Waals surface area contributed by atoms with Crippen LogP contribution in [0.4, 0.5) is 0 Å². The predicted octanol–water partition coefficient (Wildman–Crippen LogP) is 2.77. The van der Waals surface area contributed by atoms with Crippen LogP contribution in [0.1, 0.15) is 24.5 Å². The van der Waals surface area contributed by atoms with Gasteiger partial charge in [-0.25, -0.2) is 9.97 Å². The number of aromatic amines is 1. The van der Waals surface area contributed by atoms with Gasteiger partial charge in [-0.05, 0) is 43.0 Å². The molecule has 0 radical (unpaired) electrons. The van der Waals surface area contributed by atoms with Crippen LogP contribution in [0.15, 0.2) is 41.8 Å². The van der Waals surface area contributed by atoms with Gasteiger partial charge >= 0.3 is 0 Å². The third-order valence-corrected chi connectivity index (χ3v) is 4.56. The molecule has 1 aliphatic carbocycles. The van der Waals surface area contributed by atoms with Crippen LogP contribution in [0.25, 0.3) is 22.3 Å². The Bertz CT molecular complexity index is 880. The van der Waals surface area contributed by atoms with Crippen molar-refractivity contribution in [3.8, 4) is 11.3 Å². The number of hydrogen-bond acceptors (Lipinski definition) is 3. The molecule has 3 aromatic rings. The van der Waals surface area contributed by atoms with Gasteiger partial charge in [0.15, 0.2) is 0 Å². The van der Waals surface area contributed by atoms with Crippen LogP contribution in [0.5, 0.6) is 0 Å². The minimum Gasteiger partial charge on any atom is -0.390 e. The Morgan fingerprint density at radius 3 is 3.09 bits per heavy atom. The molecule has 22 heavy (non-hydrogen) atoms. The zero-order valence-corrected chi connectivity index (χ0v) is 12.4. The molecule has 5 heteroatoms. The predicted molar refractivity (Wildman–Crippen MR) is 87.7 cm³/mol. The summed E-state index contributed by atoms with van der Waals surface area (Å²) in [5.74, 6) is 0. The van der Waals surface area contributed by atoms with Crippen molar-refractivity contribution >= 4 is 17.4 Å². The number of nitrogens with one attached hydrogen (secondary N) is 1. The van der Waals surface area contributed by atoms with Crippen molar-refractivity contribution in [3.05, 3.63) is 47.9 Å². The van der Waals surface area contributed by atoms with E-state index in [1.807, 2.05) is 12.3 Å². The van der Waals surface area contributed by atoms with E-state index in [1.165, 1.54) is 17.5 Å². The molecule has 0 saturated heterocycles. The van der Waals surface area contributed by atoms with Crippen molar-refractivity contribution in [3.63, 3.8) is 0 Å². The van der Waals surface area contributed by atoms with Crippen molar-refractivity contribution in [2.75, 3.05) is 0 Å². The quantitative estimate of drug-likeness (QED) is 0.563. The number of fused-ring (bicyclic) bond motifs is 2. The second kappa shape index (κ2) is 4.66. The zero-order valence-electron chi connectivity index (χ0n) is 12.4. The molecule has 110 valence electrons. The lowest BCUT2D eigenvalue weighted by Crippen LogP contribution is -2.16. The summed E-state index contributed by atoms with van der Waals surface area (Å²) in [7, 11) is 0. The molecule has 0 aliphatic heterocycles. The fraction of sp³-hybridized carbons (Fsp3) is 0.235. The van der Waals surface area contributed by atoms with Gasteiger partial charge in [0, 0.05) is 17.1 Å². The standard InChI is InChI=1S/C17H17N5/c1-17(22-9-18)6-4-11-2-3-12(8-14(11)17)15-13-5-7-19-16(13)21-10-20-15/h2-3,5,7-10H,4,6H2,1H3,(H2,18,22)(H,19,20,21)/t17-/m0/s1. The Hall–Kier alpha value is -2.69. The summed E-state index contributed by atoms with van der Waals surface area (Å²) in [6, 6.07) is 8.52. The monoisotopic (exact) mass is 291 g/mol. The lowest BCUT2D eigenvalue weighted by molar-refractivity contribution is 0.497. The maximum atomic E-state index is 5.54. The first-order valence-electron chi connectivity index (χ1n) is 7.38. The maximum absolute atomic E-state index is 5.54. The van der Waals surface area contributed by atoms with Crippen molar-refractivity contribution in [1.29, 1.82) is 0 Å². The van der Waals surface area contributed by atoms with Gasteiger partial charge in [-0.1, -0.05) is 12.1 Å². The van der Waals surface area contributed by atoms with Crippen LogP contribution >= 0.6 is 0 Å². The summed E-state index contributed by atoms with van der Waals surface area (Å²) >= 11 is 0. The summed E-state index contributed by atoms with van der Waals surface area (Å²) in [6.45, 7) is 2.14. The van der Waals surface area contributed by atoms with E-state index in [4.69, 9.17) is 5.73 Å². The lowest BCUT2D eigenvalue weighted by atomic mass is 9.92. The molecule has 1 aromatic carbocycles. The highest BCUT2D eigenvalue weighted by Gasteiger charge is 2.33. The first-order chi connectivity index (χ1) is 10.7. The first-order valence-corrected chi connectivity index (χ1v) is 7.38. The number of H-pyrrole nitrogens is 1. The number of rotatable bonds is 2. The van der Waals surface area contributed by atoms with Crippen LogP contribution in [0.2, 0.25) is 0 Å². The van der Waals surface area contributed by atoms with E-state index in [-0.39, 0.29) is 5.54 Å². The summed E-state index contributed by atoms with van der Waals surface area (Å²) in [6.07, 6.45) is 6.92. The smallest absolute Gasteiger partial charge is 0.141 e. The number of aromatic nitrogens is 3. The van der Waals surface area contributed by atoms with E-state index in [0.717, 1.165) is 35.1 Å². The minimum absolute atomic E-state index is 0.232. The SMILES string of the molecule is C[C@]1(N=CN)CCc2ccc(-c3ncnc4[nH]ccc34)cc21. The van der Waals surface area contributed by atoms with Crippen LogP contribution in [0.3, 0.4) is 0 Å². The lowest BCUT2D eigenvalue weighted by Gasteiger charge is -2.20. The molecule has 0 saturated carbocycles. The molecule has 0 fully saturated rings. The van der Waals surface area contributed by atoms with E-state index in [9.17, 15) is 0 Å². The van der Waals surface area contributed by atoms with Crippen molar-refractivity contribution in [2.24, 2.45) is 10.7 Å². The molecular formula is C17H17N5. The summed E-state index contributed by atoms with van der Waals surface area (Å²) < 4.78 is 0. The second-order valence-electron chi connectivity index (χ2n) is 5.89. The summed E-state index contributed by atoms with van der Waals surface area (Å²) in [4.78, 5) is 16.4. The number of aliphatic imine (C=N–C) groups is 1. The van der Waals surface area contributed by atoms with Crippen molar-refractivity contribution < 1.29 is 0 Å². The Balaban J connectivity index is 1.90. The molecule has 3 N–H and O–H groups in total. The van der Waals surface area contributed by atoms with Crippen LogP contribution < -0.4 is 5.73 Å². The highest BCUT2D eigenvalue weighted by Crippen LogP contribution is 2.41. The minimum atomic E-state index is -0.232. The molecule has 0 bridgehead atoms. The average Bonchev–Trinajstić information content (AvgIpc) is 3.12. The van der Waals surface area contributed by atoms with Crippen LogP contribution in [-0.4, -0.2) is 21.3 Å². The summed E-state index contributed by atoms with van der Waals surface area (Å²) in [5.41, 5.74) is 10.8. The van der Waals surface area contributed by atoms with Gasteiger partial charge in [0.2, 0.25) is 0 Å². The normalized spacial score (nSPS) is 20.8. The molecule has 5 nitrogen and oxygen atoms in total. The number of aryl methyl sites for hydroxylation is 1. The Labute approximate surface area is 128 Å². The Kier molecular flexibility index (Phi) is 2.76. The fourth-order valence-corrected chi connectivity index (χ4v) is 3.36. The highest BCUT2D eigenvalue weighted by molar-refractivity contribution is 5.90. The third-order valence-electron chi connectivity index (χ3n) is 4.56. The summed E-state index contributed by atoms with van der Waals surface area (Å²) in [5, 5.41) is 1.03. The second-order valence-corrected chi connectivity index (χ2v) is 5.89. The van der Waals surface area contributed by atoms with Crippen molar-refractivity contribution in [2.45, 2.75) is 25.3 Å². The fourth-order valence-electron chi connectivity index (χ4n) is 3.36. The number of nitrogens with zero attached hydrogens (tertiary/aromatic N) is 3. The van der Waals surface area contributed by atoms with Gasteiger partial charge in [0.1, 0.15) is 12.0 Å². The Morgan fingerprint density at radius 1 is 1.32 bits per heavy atom. The average molecular weight is 291 g/mol. The van der Waals surface area contributed by atoms with E-state index in [1.54, 1.807) is 6.33 Å². The molecule has 0 unspecified atom stereocenters. The van der Waals surface area contributed by atoms with E-state index < -0.39 is 0 Å². The molecule has 2 aromatic heterocycles. The van der Waals surface area contributed by atoms with Gasteiger partial charge in [0.05, 0.1) is 17.6 Å². The Morgan fingerprint density at radius 2 is 2.23 bits per heavy atom. The van der Waals surface area contributed by atoms with Gasteiger partial charge < -0.3 is 10.7 Å². The third kappa shape index (κ3) is 1.82. The highest BCUT2D eigenvalue weighted by atomic mass is 14.9. The molecule has 4 rings (SSSR count). The molecule has 0 spiro atoms. The molecule has 2 heterocycles. The van der Waals surface area contributed by atoms with E-state index in [2.05, 4.69) is 45.1 Å². The molecule has 0 amide bonds. The van der Waals surface area contributed by atoms with Crippen LogP contribution in [0, 0.1) is 0 Å². The number of hydrogen-bond donors (Lipinski definition) is 2. The van der Waals surface area contributed by atoms with Crippen molar-refractivity contribution in [1.82, 2.24) is 15.0 Å². The first kappa shape index (κ1) is 13.0. The molecule has 1 aliphatic rings. The molecule has 1 atom stereocenters. The van der Waals surface area contributed by atoms with E-state index >= 15 is 0 Å². The van der Waals surface area contributed by atoms with Crippen LogP contribution in [-0.2, 0) is 12.0 Å². The molecular weight excluding hydrogens is 274 g/mol. The number of benzene rings is 1. The number of nitrogens with two attached hydrogens (primary N) is 1. The van der Waals surface area contributed by atoms with Gasteiger partial charge in [-0.15, -0.1) is 0 Å². The largest absolute Gasteiger partial charge is 0.390 e. The van der Waals surface area contributed by atoms with E-state index in [0.29, 0.717) is 0 Å². The van der Waals surface area contributed by atoms with Gasteiger partial charge in [0.25, 0.3) is 0 Å². The van der Waals surface area contributed by atoms with Gasteiger partial charge in [-0.3, -0.25) is 4.99 Å². The topological polar surface area (TPSA) is 79.9 Å².